The second kappa shape index (κ2) is 6.85. The van der Waals surface area contributed by atoms with Gasteiger partial charge < -0.3 is 5.73 Å². The van der Waals surface area contributed by atoms with Crippen LogP contribution in [0.1, 0.15) is 38.8 Å². The predicted molar refractivity (Wildman–Crippen MR) is 82.9 cm³/mol. The lowest BCUT2D eigenvalue weighted by molar-refractivity contribution is 0.318. The Morgan fingerprint density at radius 1 is 1.24 bits per heavy atom. The van der Waals surface area contributed by atoms with Crippen LogP contribution in [0, 0.1) is 18.7 Å². The molecule has 1 aromatic carbocycles. The van der Waals surface area contributed by atoms with Crippen molar-refractivity contribution in [1.29, 1.82) is 0 Å². The van der Waals surface area contributed by atoms with Crippen LogP contribution in [0.15, 0.2) is 17.0 Å². The molecule has 0 bridgehead atoms. The van der Waals surface area contributed by atoms with Crippen molar-refractivity contribution in [3.8, 4) is 0 Å². The molecular formula is C15H25FN2O2S. The second-order valence-corrected chi connectivity index (χ2v) is 7.83. The summed E-state index contributed by atoms with van der Waals surface area (Å²) in [5.41, 5.74) is 6.14. The van der Waals surface area contributed by atoms with Crippen molar-refractivity contribution in [3.63, 3.8) is 0 Å². The Labute approximate surface area is 127 Å². The third kappa shape index (κ3) is 4.02. The molecule has 0 saturated heterocycles. The van der Waals surface area contributed by atoms with Crippen molar-refractivity contribution in [2.45, 2.75) is 52.1 Å². The van der Waals surface area contributed by atoms with Gasteiger partial charge in [-0.1, -0.05) is 13.8 Å². The van der Waals surface area contributed by atoms with Crippen molar-refractivity contribution in [2.24, 2.45) is 11.7 Å². The largest absolute Gasteiger partial charge is 0.326 e. The molecule has 120 valence electrons. The van der Waals surface area contributed by atoms with Gasteiger partial charge in [0.25, 0.3) is 0 Å². The van der Waals surface area contributed by atoms with E-state index in [0.29, 0.717) is 12.1 Å². The highest BCUT2D eigenvalue weighted by Gasteiger charge is 2.30. The van der Waals surface area contributed by atoms with Crippen molar-refractivity contribution < 1.29 is 12.8 Å². The maximum atomic E-state index is 13.9. The average Bonchev–Trinajstić information content (AvgIpc) is 2.38. The summed E-state index contributed by atoms with van der Waals surface area (Å²) in [5.74, 6) is -0.352. The summed E-state index contributed by atoms with van der Waals surface area (Å²) in [7, 11) is -3.74. The summed E-state index contributed by atoms with van der Waals surface area (Å²) in [6.07, 6.45) is 0. The predicted octanol–water partition coefficient (Wildman–Crippen LogP) is 2.65. The van der Waals surface area contributed by atoms with Crippen LogP contribution in [0.4, 0.5) is 4.39 Å². The van der Waals surface area contributed by atoms with Crippen LogP contribution in [0.25, 0.3) is 0 Å². The van der Waals surface area contributed by atoms with E-state index in [4.69, 9.17) is 5.73 Å². The zero-order chi connectivity index (χ0) is 16.4. The molecule has 6 heteroatoms. The number of hydrogen-bond donors (Lipinski definition) is 1. The lowest BCUT2D eigenvalue weighted by Crippen LogP contribution is -2.39. The van der Waals surface area contributed by atoms with E-state index in [1.165, 1.54) is 23.4 Å². The van der Waals surface area contributed by atoms with Gasteiger partial charge in [-0.15, -0.1) is 0 Å². The average molecular weight is 316 g/mol. The number of nitrogens with two attached hydrogens (primary N) is 1. The number of halogens is 1. The fourth-order valence-electron chi connectivity index (χ4n) is 2.17. The van der Waals surface area contributed by atoms with Gasteiger partial charge in [0.1, 0.15) is 5.82 Å². The van der Waals surface area contributed by atoms with E-state index >= 15 is 0 Å². The van der Waals surface area contributed by atoms with Gasteiger partial charge in [-0.05, 0) is 44.4 Å². The lowest BCUT2D eigenvalue weighted by Gasteiger charge is -2.28. The fourth-order valence-corrected chi connectivity index (χ4v) is 4.25. The summed E-state index contributed by atoms with van der Waals surface area (Å²) >= 11 is 0. The van der Waals surface area contributed by atoms with Gasteiger partial charge in [-0.25, -0.2) is 12.8 Å². The van der Waals surface area contributed by atoms with Crippen LogP contribution < -0.4 is 5.73 Å². The number of benzene rings is 1. The van der Waals surface area contributed by atoms with Crippen LogP contribution in [-0.4, -0.2) is 25.3 Å². The van der Waals surface area contributed by atoms with Crippen molar-refractivity contribution >= 4 is 10.0 Å². The zero-order valence-corrected chi connectivity index (χ0v) is 14.2. The molecule has 4 nitrogen and oxygen atoms in total. The molecule has 21 heavy (non-hydrogen) atoms. The number of sulfonamides is 1. The van der Waals surface area contributed by atoms with Gasteiger partial charge in [0.05, 0.1) is 4.90 Å². The SMILES string of the molecule is Cc1c(F)cc(CN)cc1S(=O)(=O)N(CC(C)C)C(C)C. The molecule has 1 rings (SSSR count). The van der Waals surface area contributed by atoms with Gasteiger partial charge in [-0.3, -0.25) is 0 Å². The molecule has 0 saturated carbocycles. The minimum Gasteiger partial charge on any atom is -0.326 e. The highest BCUT2D eigenvalue weighted by atomic mass is 32.2. The van der Waals surface area contributed by atoms with Crippen molar-refractivity contribution in [1.82, 2.24) is 4.31 Å². The van der Waals surface area contributed by atoms with Gasteiger partial charge in [0, 0.05) is 24.7 Å². The lowest BCUT2D eigenvalue weighted by atomic mass is 10.1. The first-order valence-electron chi connectivity index (χ1n) is 7.12. The molecule has 0 unspecified atom stereocenters. The number of hydrogen-bond acceptors (Lipinski definition) is 3. The molecule has 0 aliphatic heterocycles. The summed E-state index contributed by atoms with van der Waals surface area (Å²) in [6, 6.07) is 2.57. The van der Waals surface area contributed by atoms with E-state index in [0.717, 1.165) is 0 Å². The molecule has 0 amide bonds. The number of rotatable bonds is 6. The Morgan fingerprint density at radius 3 is 2.24 bits per heavy atom. The van der Waals surface area contributed by atoms with E-state index in [2.05, 4.69) is 0 Å². The first-order valence-corrected chi connectivity index (χ1v) is 8.56. The Balaban J connectivity index is 3.44. The van der Waals surface area contributed by atoms with E-state index in [9.17, 15) is 12.8 Å². The molecular weight excluding hydrogens is 291 g/mol. The number of nitrogens with zero attached hydrogens (tertiary/aromatic N) is 1. The zero-order valence-electron chi connectivity index (χ0n) is 13.4. The molecule has 0 radical (unpaired) electrons. The fraction of sp³-hybridized carbons (Fsp3) is 0.600. The Bertz CT molecular complexity index is 598. The molecule has 2 N–H and O–H groups in total. The Hall–Kier alpha value is -0.980. The van der Waals surface area contributed by atoms with Crippen LogP contribution >= 0.6 is 0 Å². The van der Waals surface area contributed by atoms with Crippen molar-refractivity contribution in [2.75, 3.05) is 6.54 Å². The van der Waals surface area contributed by atoms with E-state index in [1.54, 1.807) is 0 Å². The Kier molecular flexibility index (Phi) is 5.90. The minimum absolute atomic E-state index is 0.0114. The monoisotopic (exact) mass is 316 g/mol. The quantitative estimate of drug-likeness (QED) is 0.877. The first kappa shape index (κ1) is 18.1. The maximum absolute atomic E-state index is 13.9. The summed E-state index contributed by atoms with van der Waals surface area (Å²) in [4.78, 5) is 0.0114. The summed E-state index contributed by atoms with van der Waals surface area (Å²) < 4.78 is 41.1. The molecule has 0 aliphatic carbocycles. The van der Waals surface area contributed by atoms with Gasteiger partial charge in [0.15, 0.2) is 0 Å². The van der Waals surface area contributed by atoms with Gasteiger partial charge in [-0.2, -0.15) is 4.31 Å². The van der Waals surface area contributed by atoms with E-state index < -0.39 is 15.8 Å². The Morgan fingerprint density at radius 2 is 1.81 bits per heavy atom. The normalized spacial score (nSPS) is 12.7. The highest BCUT2D eigenvalue weighted by Crippen LogP contribution is 2.26. The van der Waals surface area contributed by atoms with E-state index in [1.807, 2.05) is 27.7 Å². The molecule has 0 aromatic heterocycles. The molecule has 1 aromatic rings. The van der Waals surface area contributed by atoms with Crippen LogP contribution in [0.3, 0.4) is 0 Å². The third-order valence-electron chi connectivity index (χ3n) is 3.30. The van der Waals surface area contributed by atoms with Crippen LogP contribution in [0.5, 0.6) is 0 Å². The molecule has 0 aliphatic rings. The van der Waals surface area contributed by atoms with Crippen LogP contribution in [0.2, 0.25) is 0 Å². The summed E-state index contributed by atoms with van der Waals surface area (Å²) in [6.45, 7) is 9.52. The first-order chi connectivity index (χ1) is 9.61. The maximum Gasteiger partial charge on any atom is 0.243 e. The van der Waals surface area contributed by atoms with Crippen LogP contribution in [-0.2, 0) is 16.6 Å². The molecule has 0 atom stereocenters. The van der Waals surface area contributed by atoms with Gasteiger partial charge >= 0.3 is 0 Å². The smallest absolute Gasteiger partial charge is 0.243 e. The van der Waals surface area contributed by atoms with E-state index in [-0.39, 0.29) is 29.0 Å². The second-order valence-electron chi connectivity index (χ2n) is 5.97. The van der Waals surface area contributed by atoms with Gasteiger partial charge in [0.2, 0.25) is 10.0 Å². The van der Waals surface area contributed by atoms with Crippen molar-refractivity contribution in [3.05, 3.63) is 29.1 Å². The standard InChI is InChI=1S/C15H25FN2O2S/c1-10(2)9-18(11(3)4)21(19,20)15-7-13(8-17)6-14(16)12(15)5/h6-7,10-11H,8-9,17H2,1-5H3. The minimum atomic E-state index is -3.74. The molecule has 0 spiro atoms. The third-order valence-corrected chi connectivity index (χ3v) is 5.47. The highest BCUT2D eigenvalue weighted by molar-refractivity contribution is 7.89. The molecule has 0 fully saturated rings. The molecule has 0 heterocycles. The summed E-state index contributed by atoms with van der Waals surface area (Å²) in [5, 5.41) is 0. The topological polar surface area (TPSA) is 63.4 Å².